The zero-order chi connectivity index (χ0) is 21.6. The van der Waals surface area contributed by atoms with Crippen LogP contribution in [-0.2, 0) is 14.6 Å². The number of hydrogen-bond donors (Lipinski definition) is 0. The maximum atomic E-state index is 14.7. The molecular formula is C24H18F2O3S. The van der Waals surface area contributed by atoms with Crippen LogP contribution < -0.4 is 0 Å². The maximum Gasteiger partial charge on any atom is 0.406 e. The van der Waals surface area contributed by atoms with E-state index in [1.165, 1.54) is 18.2 Å². The monoisotopic (exact) mass is 424 g/mol. The van der Waals surface area contributed by atoms with Crippen LogP contribution in [0.5, 0.6) is 0 Å². The number of halogens is 2. The molecule has 0 fully saturated rings. The van der Waals surface area contributed by atoms with Crippen LogP contribution in [0.3, 0.4) is 0 Å². The van der Waals surface area contributed by atoms with E-state index in [2.05, 4.69) is 11.8 Å². The molecule has 3 nitrogen and oxygen atoms in total. The zero-order valence-corrected chi connectivity index (χ0v) is 16.7. The van der Waals surface area contributed by atoms with Crippen molar-refractivity contribution in [3.63, 3.8) is 0 Å². The summed E-state index contributed by atoms with van der Waals surface area (Å²) < 4.78 is 54.2. The molecule has 30 heavy (non-hydrogen) atoms. The first-order chi connectivity index (χ1) is 14.3. The standard InChI is InChI=1S/C24H18F2O3S/c25-24(26,30(28,29)22-14-8-3-9-15-22)23(27)18-21(20-12-6-2-7-13-20)17-16-19-10-4-1-5-11-19/h1-15,21H,18H2/t21-/m1/s1. The minimum Gasteiger partial charge on any atom is -0.292 e. The van der Waals surface area contributed by atoms with E-state index in [0.29, 0.717) is 11.1 Å². The van der Waals surface area contributed by atoms with Crippen molar-refractivity contribution in [2.75, 3.05) is 0 Å². The summed E-state index contributed by atoms with van der Waals surface area (Å²) in [6.07, 6.45) is -0.733. The summed E-state index contributed by atoms with van der Waals surface area (Å²) in [7, 11) is -5.16. The second-order valence-corrected chi connectivity index (χ2v) is 8.55. The maximum absolute atomic E-state index is 14.7. The SMILES string of the molecule is O=C(C[C@@H](C#Cc1ccccc1)c1ccccc1)C(F)(F)S(=O)(=O)c1ccccc1. The Labute approximate surface area is 174 Å². The molecule has 152 valence electrons. The molecule has 0 aromatic heterocycles. The fourth-order valence-electron chi connectivity index (χ4n) is 2.83. The molecule has 3 aromatic carbocycles. The van der Waals surface area contributed by atoms with Crippen molar-refractivity contribution in [3.8, 4) is 11.8 Å². The normalized spacial score (nSPS) is 12.5. The minimum absolute atomic E-state index is 0.558. The average Bonchev–Trinajstić information content (AvgIpc) is 2.78. The number of ketones is 1. The molecule has 0 radical (unpaired) electrons. The first kappa shape index (κ1) is 21.4. The fourth-order valence-corrected chi connectivity index (χ4v) is 4.03. The van der Waals surface area contributed by atoms with E-state index in [9.17, 15) is 22.0 Å². The highest BCUT2D eigenvalue weighted by molar-refractivity contribution is 7.93. The van der Waals surface area contributed by atoms with Gasteiger partial charge in [-0.05, 0) is 29.8 Å². The van der Waals surface area contributed by atoms with Crippen molar-refractivity contribution in [1.29, 1.82) is 0 Å². The van der Waals surface area contributed by atoms with E-state index in [4.69, 9.17) is 0 Å². The van der Waals surface area contributed by atoms with Gasteiger partial charge in [-0.15, -0.1) is 0 Å². The van der Waals surface area contributed by atoms with E-state index in [1.807, 2.05) is 6.07 Å². The van der Waals surface area contributed by atoms with Crippen molar-refractivity contribution >= 4 is 15.6 Å². The molecule has 0 saturated heterocycles. The van der Waals surface area contributed by atoms with Gasteiger partial charge >= 0.3 is 5.25 Å². The van der Waals surface area contributed by atoms with Gasteiger partial charge in [0.15, 0.2) is 0 Å². The van der Waals surface area contributed by atoms with Crippen LogP contribution in [0.4, 0.5) is 8.78 Å². The highest BCUT2D eigenvalue weighted by Crippen LogP contribution is 2.33. The summed E-state index contributed by atoms with van der Waals surface area (Å²) in [5, 5.41) is -4.56. The minimum atomic E-state index is -5.16. The molecule has 1 atom stereocenters. The van der Waals surface area contributed by atoms with Gasteiger partial charge < -0.3 is 0 Å². The Morgan fingerprint density at radius 3 is 1.90 bits per heavy atom. The lowest BCUT2D eigenvalue weighted by atomic mass is 9.94. The Balaban J connectivity index is 1.92. The van der Waals surface area contributed by atoms with Crippen LogP contribution in [0.25, 0.3) is 0 Å². The Bertz CT molecular complexity index is 1160. The smallest absolute Gasteiger partial charge is 0.292 e. The highest BCUT2D eigenvalue weighted by Gasteiger charge is 2.53. The van der Waals surface area contributed by atoms with Gasteiger partial charge in [0.25, 0.3) is 9.84 Å². The number of benzene rings is 3. The summed E-state index contributed by atoms with van der Waals surface area (Å²) >= 11 is 0. The third kappa shape index (κ3) is 4.64. The number of sulfone groups is 1. The van der Waals surface area contributed by atoms with Crippen LogP contribution in [0, 0.1) is 11.8 Å². The fraction of sp³-hybridized carbons (Fsp3) is 0.125. The lowest BCUT2D eigenvalue weighted by Crippen LogP contribution is -2.38. The molecule has 0 aliphatic heterocycles. The van der Waals surface area contributed by atoms with E-state index < -0.39 is 38.1 Å². The Morgan fingerprint density at radius 1 is 0.833 bits per heavy atom. The van der Waals surface area contributed by atoms with Gasteiger partial charge in [-0.25, -0.2) is 8.42 Å². The molecule has 0 bridgehead atoms. The van der Waals surface area contributed by atoms with Gasteiger partial charge in [-0.2, -0.15) is 8.78 Å². The van der Waals surface area contributed by atoms with E-state index in [-0.39, 0.29) is 0 Å². The molecule has 0 spiro atoms. The number of hydrogen-bond acceptors (Lipinski definition) is 3. The Hall–Kier alpha value is -3.30. The Morgan fingerprint density at radius 2 is 1.33 bits per heavy atom. The molecule has 3 rings (SSSR count). The van der Waals surface area contributed by atoms with Gasteiger partial charge in [0.05, 0.1) is 10.8 Å². The molecule has 0 heterocycles. The number of carbonyl (C=O) groups is 1. The van der Waals surface area contributed by atoms with Crippen molar-refractivity contribution in [2.24, 2.45) is 0 Å². The van der Waals surface area contributed by atoms with Crippen LogP contribution in [0.1, 0.15) is 23.5 Å². The predicted molar refractivity (Wildman–Crippen MR) is 111 cm³/mol. The van der Waals surface area contributed by atoms with Gasteiger partial charge in [-0.3, -0.25) is 4.79 Å². The second kappa shape index (κ2) is 9.02. The summed E-state index contributed by atoms with van der Waals surface area (Å²) in [5.74, 6) is 3.15. The molecule has 0 N–H and O–H groups in total. The van der Waals surface area contributed by atoms with E-state index in [0.717, 1.165) is 12.1 Å². The molecule has 0 amide bonds. The quantitative estimate of drug-likeness (QED) is 0.532. The van der Waals surface area contributed by atoms with Crippen molar-refractivity contribution < 1.29 is 22.0 Å². The number of rotatable bonds is 6. The number of carbonyl (C=O) groups excluding carboxylic acids is 1. The number of alkyl halides is 2. The van der Waals surface area contributed by atoms with Crippen molar-refractivity contribution in [3.05, 3.63) is 102 Å². The molecule has 6 heteroatoms. The van der Waals surface area contributed by atoms with Crippen LogP contribution in [0.15, 0.2) is 95.9 Å². The van der Waals surface area contributed by atoms with Gasteiger partial charge in [0, 0.05) is 12.0 Å². The number of Topliss-reactive ketones (excluding diaryl/α,β-unsaturated/α-hetero) is 1. The van der Waals surface area contributed by atoms with Crippen molar-refractivity contribution in [2.45, 2.75) is 22.5 Å². The van der Waals surface area contributed by atoms with Crippen LogP contribution >= 0.6 is 0 Å². The molecule has 0 aliphatic rings. The molecule has 0 aliphatic carbocycles. The van der Waals surface area contributed by atoms with Crippen molar-refractivity contribution in [1.82, 2.24) is 0 Å². The highest BCUT2D eigenvalue weighted by atomic mass is 32.2. The van der Waals surface area contributed by atoms with Gasteiger partial charge in [-0.1, -0.05) is 78.6 Å². The van der Waals surface area contributed by atoms with Gasteiger partial charge in [0.1, 0.15) is 0 Å². The molecular weight excluding hydrogens is 406 g/mol. The topological polar surface area (TPSA) is 51.2 Å². The first-order valence-electron chi connectivity index (χ1n) is 9.14. The third-order valence-electron chi connectivity index (χ3n) is 4.47. The average molecular weight is 424 g/mol. The summed E-state index contributed by atoms with van der Waals surface area (Å²) in [6, 6.07) is 23.6. The van der Waals surface area contributed by atoms with Crippen LogP contribution in [-0.4, -0.2) is 19.5 Å². The third-order valence-corrected chi connectivity index (χ3v) is 6.27. The van der Waals surface area contributed by atoms with E-state index in [1.54, 1.807) is 54.6 Å². The zero-order valence-electron chi connectivity index (χ0n) is 15.8. The first-order valence-corrected chi connectivity index (χ1v) is 10.6. The van der Waals surface area contributed by atoms with Crippen LogP contribution in [0.2, 0.25) is 0 Å². The predicted octanol–water partition coefficient (Wildman–Crippen LogP) is 4.85. The molecule has 0 saturated carbocycles. The second-order valence-electron chi connectivity index (χ2n) is 6.56. The lowest BCUT2D eigenvalue weighted by Gasteiger charge is -2.18. The Kier molecular flexibility index (Phi) is 6.43. The molecule has 0 unspecified atom stereocenters. The largest absolute Gasteiger partial charge is 0.406 e. The summed E-state index contributed by atoms with van der Waals surface area (Å²) in [5.41, 5.74) is 1.22. The summed E-state index contributed by atoms with van der Waals surface area (Å²) in [4.78, 5) is 11.9. The van der Waals surface area contributed by atoms with E-state index >= 15 is 0 Å². The molecule has 3 aromatic rings. The lowest BCUT2D eigenvalue weighted by molar-refractivity contribution is -0.133. The van der Waals surface area contributed by atoms with Gasteiger partial charge in [0.2, 0.25) is 5.78 Å². The summed E-state index contributed by atoms with van der Waals surface area (Å²) in [6.45, 7) is 0.